The fraction of sp³-hybridized carbons (Fsp3) is 0.385. The molecule has 0 saturated carbocycles. The number of benzene rings is 2. The van der Waals surface area contributed by atoms with E-state index >= 15 is 0 Å². The number of ether oxygens (including phenoxy) is 3. The quantitative estimate of drug-likeness (QED) is 0.506. The first-order valence-electron chi connectivity index (χ1n) is 11.0. The van der Waals surface area contributed by atoms with Crippen LogP contribution >= 0.6 is 0 Å². The van der Waals surface area contributed by atoms with Crippen molar-refractivity contribution in [3.63, 3.8) is 0 Å². The van der Waals surface area contributed by atoms with Crippen molar-refractivity contribution in [3.8, 4) is 11.5 Å². The van der Waals surface area contributed by atoms with E-state index in [1.54, 1.807) is 19.3 Å². The second-order valence-electron chi connectivity index (χ2n) is 8.44. The van der Waals surface area contributed by atoms with Crippen LogP contribution < -0.4 is 9.47 Å². The summed E-state index contributed by atoms with van der Waals surface area (Å²) in [6, 6.07) is 13.7. The zero-order chi connectivity index (χ0) is 22.6. The Kier molecular flexibility index (Phi) is 6.61. The van der Waals surface area contributed by atoms with Crippen LogP contribution in [0.15, 0.2) is 48.5 Å². The van der Waals surface area contributed by atoms with Gasteiger partial charge in [0.2, 0.25) is 0 Å². The molecule has 4 rings (SSSR count). The summed E-state index contributed by atoms with van der Waals surface area (Å²) in [5, 5.41) is 0. The maximum atomic E-state index is 12.9. The van der Waals surface area contributed by atoms with Gasteiger partial charge in [0, 0.05) is 38.6 Å². The van der Waals surface area contributed by atoms with E-state index in [4.69, 9.17) is 9.47 Å². The molecule has 168 valence electrons. The summed E-state index contributed by atoms with van der Waals surface area (Å²) < 4.78 is 16.3. The molecule has 0 amide bonds. The molecule has 0 N–H and O–H groups in total. The second-order valence-corrected chi connectivity index (χ2v) is 8.44. The highest BCUT2D eigenvalue weighted by molar-refractivity contribution is 6.01. The van der Waals surface area contributed by atoms with Gasteiger partial charge in [-0.3, -0.25) is 4.79 Å². The summed E-state index contributed by atoms with van der Waals surface area (Å²) in [6.45, 7) is 2.79. The molecule has 0 radical (unpaired) electrons. The van der Waals surface area contributed by atoms with Crippen LogP contribution in [0, 0.1) is 0 Å². The molecule has 0 unspecified atom stereocenters. The largest absolute Gasteiger partial charge is 0.497 e. The topological polar surface area (TPSA) is 65.1 Å². The first kappa shape index (κ1) is 22.1. The summed E-state index contributed by atoms with van der Waals surface area (Å²) in [6.07, 6.45) is 6.02. The van der Waals surface area contributed by atoms with Crippen molar-refractivity contribution in [2.24, 2.45) is 0 Å². The normalized spacial score (nSPS) is 17.8. The third-order valence-corrected chi connectivity index (χ3v) is 6.34. The molecule has 6 heteroatoms. The lowest BCUT2D eigenvalue weighted by atomic mass is 9.82. The lowest BCUT2D eigenvalue weighted by Gasteiger charge is -2.44. The summed E-state index contributed by atoms with van der Waals surface area (Å²) >= 11 is 0. The average molecular weight is 436 g/mol. The van der Waals surface area contributed by atoms with Crippen molar-refractivity contribution < 1.29 is 23.8 Å². The van der Waals surface area contributed by atoms with E-state index in [1.165, 1.54) is 18.7 Å². The number of methoxy groups -OCH3 is 2. The number of hydrogen-bond acceptors (Lipinski definition) is 6. The van der Waals surface area contributed by atoms with E-state index < -0.39 is 11.6 Å². The smallest absolute Gasteiger partial charge is 0.330 e. The highest BCUT2D eigenvalue weighted by atomic mass is 16.5. The van der Waals surface area contributed by atoms with Gasteiger partial charge in [0.15, 0.2) is 5.78 Å². The van der Waals surface area contributed by atoms with Gasteiger partial charge in [-0.15, -0.1) is 0 Å². The molecule has 6 nitrogen and oxygen atoms in total. The average Bonchev–Trinajstić information content (AvgIpc) is 2.82. The van der Waals surface area contributed by atoms with Crippen LogP contribution in [0.4, 0.5) is 0 Å². The number of nitrogens with zero attached hydrogens (tertiary/aromatic N) is 1. The molecule has 0 aliphatic carbocycles. The van der Waals surface area contributed by atoms with E-state index in [9.17, 15) is 9.59 Å². The van der Waals surface area contributed by atoms with Gasteiger partial charge in [0.1, 0.15) is 17.1 Å². The standard InChI is InChI=1S/C26H29NO5/c1-30-21-5-3-4-19(16-21)10-13-27-14-11-26(12-15-27)18-23(28)22-17-20(6-8-24(22)32-26)7-9-25(29)31-2/h3-9,16-17H,10-15,18H2,1-2H3/b9-7+. The Labute approximate surface area is 188 Å². The van der Waals surface area contributed by atoms with Crippen molar-refractivity contribution in [2.75, 3.05) is 33.9 Å². The van der Waals surface area contributed by atoms with Gasteiger partial charge in [-0.1, -0.05) is 18.2 Å². The maximum Gasteiger partial charge on any atom is 0.330 e. The molecule has 32 heavy (non-hydrogen) atoms. The number of carbonyl (C=O) groups excluding carboxylic acids is 2. The zero-order valence-electron chi connectivity index (χ0n) is 18.6. The minimum atomic E-state index is -0.428. The van der Waals surface area contributed by atoms with Crippen molar-refractivity contribution in [1.82, 2.24) is 4.90 Å². The summed E-state index contributed by atoms with van der Waals surface area (Å²) in [5.41, 5.74) is 2.21. The molecule has 2 heterocycles. The van der Waals surface area contributed by atoms with Crippen molar-refractivity contribution in [1.29, 1.82) is 0 Å². The fourth-order valence-corrected chi connectivity index (χ4v) is 4.43. The molecule has 0 atom stereocenters. The van der Waals surface area contributed by atoms with Gasteiger partial charge in [-0.25, -0.2) is 4.79 Å². The van der Waals surface area contributed by atoms with Crippen LogP contribution in [0.25, 0.3) is 6.08 Å². The Morgan fingerprint density at radius 2 is 1.97 bits per heavy atom. The fourth-order valence-electron chi connectivity index (χ4n) is 4.43. The predicted molar refractivity (Wildman–Crippen MR) is 122 cm³/mol. The Morgan fingerprint density at radius 3 is 2.72 bits per heavy atom. The maximum absolute atomic E-state index is 12.9. The Morgan fingerprint density at radius 1 is 1.16 bits per heavy atom. The number of ketones is 1. The van der Waals surface area contributed by atoms with E-state index in [0.29, 0.717) is 17.7 Å². The van der Waals surface area contributed by atoms with E-state index in [1.807, 2.05) is 24.3 Å². The molecule has 0 bridgehead atoms. The Hall–Kier alpha value is -3.12. The van der Waals surface area contributed by atoms with Crippen LogP contribution in [0.5, 0.6) is 11.5 Å². The van der Waals surface area contributed by atoms with Gasteiger partial charge in [0.25, 0.3) is 0 Å². The van der Waals surface area contributed by atoms with E-state index in [0.717, 1.165) is 50.2 Å². The Balaban J connectivity index is 1.36. The predicted octanol–water partition coefficient (Wildman–Crippen LogP) is 3.92. The zero-order valence-corrected chi connectivity index (χ0v) is 18.6. The van der Waals surface area contributed by atoms with Gasteiger partial charge < -0.3 is 19.1 Å². The first-order chi connectivity index (χ1) is 15.5. The molecular formula is C26H29NO5. The molecule has 1 spiro atoms. The minimum Gasteiger partial charge on any atom is -0.497 e. The molecule has 1 saturated heterocycles. The minimum absolute atomic E-state index is 0.101. The molecule has 2 aliphatic heterocycles. The van der Waals surface area contributed by atoms with Crippen molar-refractivity contribution in [3.05, 3.63) is 65.2 Å². The highest BCUT2D eigenvalue weighted by Gasteiger charge is 2.42. The van der Waals surface area contributed by atoms with Crippen molar-refractivity contribution >= 4 is 17.8 Å². The molecular weight excluding hydrogens is 406 g/mol. The molecule has 2 aliphatic rings. The van der Waals surface area contributed by atoms with Gasteiger partial charge in [-0.2, -0.15) is 0 Å². The first-order valence-corrected chi connectivity index (χ1v) is 11.0. The number of likely N-dealkylation sites (tertiary alicyclic amines) is 1. The third-order valence-electron chi connectivity index (χ3n) is 6.34. The Bertz CT molecular complexity index is 1020. The molecule has 2 aromatic rings. The number of piperidine rings is 1. The van der Waals surface area contributed by atoms with Crippen LogP contribution in [0.3, 0.4) is 0 Å². The molecule has 0 aromatic heterocycles. The van der Waals surface area contributed by atoms with Crippen LogP contribution in [0.1, 0.15) is 40.7 Å². The molecule has 2 aromatic carbocycles. The van der Waals surface area contributed by atoms with Gasteiger partial charge in [0.05, 0.1) is 26.2 Å². The summed E-state index contributed by atoms with van der Waals surface area (Å²) in [7, 11) is 3.02. The number of esters is 1. The van der Waals surface area contributed by atoms with E-state index in [2.05, 4.69) is 21.8 Å². The second kappa shape index (κ2) is 9.57. The lowest BCUT2D eigenvalue weighted by Crippen LogP contribution is -2.51. The molecule has 1 fully saturated rings. The summed E-state index contributed by atoms with van der Waals surface area (Å²) in [4.78, 5) is 26.7. The number of fused-ring (bicyclic) bond motifs is 1. The highest BCUT2D eigenvalue weighted by Crippen LogP contribution is 2.39. The number of rotatable bonds is 6. The van der Waals surface area contributed by atoms with E-state index in [-0.39, 0.29) is 5.78 Å². The number of hydrogen-bond donors (Lipinski definition) is 0. The SMILES string of the molecule is COC(=O)/C=C/c1ccc2c(c1)C(=O)CC1(CCN(CCc3cccc(OC)c3)CC1)O2. The van der Waals surface area contributed by atoms with Gasteiger partial charge >= 0.3 is 5.97 Å². The summed E-state index contributed by atoms with van der Waals surface area (Å²) in [5.74, 6) is 1.20. The van der Waals surface area contributed by atoms with Gasteiger partial charge in [-0.05, 0) is 47.9 Å². The van der Waals surface area contributed by atoms with Crippen LogP contribution in [0.2, 0.25) is 0 Å². The van der Waals surface area contributed by atoms with Crippen LogP contribution in [-0.2, 0) is 16.0 Å². The van der Waals surface area contributed by atoms with Crippen molar-refractivity contribution in [2.45, 2.75) is 31.3 Å². The lowest BCUT2D eigenvalue weighted by molar-refractivity contribution is -0.134. The number of carbonyl (C=O) groups is 2. The van der Waals surface area contributed by atoms with Crippen LogP contribution in [-0.4, -0.2) is 56.1 Å². The third kappa shape index (κ3) is 5.02. The number of Topliss-reactive ketones (excluding diaryl/α,β-unsaturated/α-hetero) is 1. The monoisotopic (exact) mass is 435 g/mol.